The Morgan fingerprint density at radius 1 is 1.07 bits per heavy atom. The summed E-state index contributed by atoms with van der Waals surface area (Å²) in [7, 11) is 0. The predicted octanol–water partition coefficient (Wildman–Crippen LogP) is 6.86. The number of carboxylic acid groups (broad SMARTS) is 1. The zero-order valence-electron chi connectivity index (χ0n) is 24.7. The lowest BCUT2D eigenvalue weighted by Crippen LogP contribution is -2.75. The van der Waals surface area contributed by atoms with Crippen LogP contribution in [0.5, 0.6) is 11.6 Å². The van der Waals surface area contributed by atoms with Gasteiger partial charge in [0.25, 0.3) is 5.91 Å². The Kier molecular flexibility index (Phi) is 8.65. The number of nitrogens with zero attached hydrogens (tertiary/aromatic N) is 4. The second-order valence-electron chi connectivity index (χ2n) is 11.7. The fraction of sp³-hybridized carbons (Fsp3) is 0.312. The van der Waals surface area contributed by atoms with Gasteiger partial charge in [-0.1, -0.05) is 41.9 Å². The molecule has 1 fully saturated rings. The zero-order chi connectivity index (χ0) is 32.6. The van der Waals surface area contributed by atoms with E-state index in [-0.39, 0.29) is 41.8 Å². The fourth-order valence-corrected chi connectivity index (χ4v) is 6.13. The Balaban J connectivity index is 1.64. The Bertz CT molecular complexity index is 1750. The highest BCUT2D eigenvalue weighted by Crippen LogP contribution is 2.40. The molecule has 13 heteroatoms. The van der Waals surface area contributed by atoms with Gasteiger partial charge in [-0.05, 0) is 67.4 Å². The molecule has 3 aromatic carbocycles. The van der Waals surface area contributed by atoms with E-state index in [9.17, 15) is 27.9 Å². The van der Waals surface area contributed by atoms with Crippen molar-refractivity contribution in [2.24, 2.45) is 0 Å². The molecule has 0 radical (unpaired) electrons. The number of hydrogen-bond acceptors (Lipinski definition) is 6. The van der Waals surface area contributed by atoms with E-state index in [1.54, 1.807) is 57.2 Å². The monoisotopic (exact) mass is 641 g/mol. The lowest BCUT2D eigenvalue weighted by Gasteiger charge is -2.57. The summed E-state index contributed by atoms with van der Waals surface area (Å²) in [6.07, 6.45) is -5.15. The summed E-state index contributed by atoms with van der Waals surface area (Å²) >= 11 is 5.94. The molecule has 1 atom stereocenters. The molecular formula is C32H31ClF3N5O4. The van der Waals surface area contributed by atoms with Gasteiger partial charge in [0.2, 0.25) is 5.88 Å². The second-order valence-corrected chi connectivity index (χ2v) is 12.1. The van der Waals surface area contributed by atoms with Crippen molar-refractivity contribution in [3.63, 3.8) is 0 Å². The number of carbonyl (C=O) groups is 2. The number of carbonyl (C=O) groups excluding carboxylic acids is 1. The average molecular weight is 642 g/mol. The minimum atomic E-state index is -4.68. The average Bonchev–Trinajstić information content (AvgIpc) is 2.96. The van der Waals surface area contributed by atoms with E-state index in [1.807, 2.05) is 0 Å². The molecule has 1 aliphatic rings. The molecular weight excluding hydrogens is 611 g/mol. The number of amides is 2. The zero-order valence-corrected chi connectivity index (χ0v) is 25.5. The maximum Gasteiger partial charge on any atom is 0.416 e. The first kappa shape index (κ1) is 32.0. The number of fused-ring (bicyclic) bond motifs is 1. The van der Waals surface area contributed by atoms with Gasteiger partial charge in [0, 0.05) is 43.2 Å². The summed E-state index contributed by atoms with van der Waals surface area (Å²) in [5.74, 6) is 0.104. The molecule has 1 aromatic heterocycles. The van der Waals surface area contributed by atoms with Gasteiger partial charge in [0.1, 0.15) is 22.9 Å². The Morgan fingerprint density at radius 3 is 2.51 bits per heavy atom. The van der Waals surface area contributed by atoms with E-state index in [0.717, 1.165) is 11.0 Å². The number of hydrogen-bond donors (Lipinski definition) is 2. The molecule has 0 saturated carbocycles. The van der Waals surface area contributed by atoms with E-state index < -0.39 is 41.4 Å². The third-order valence-corrected chi connectivity index (χ3v) is 7.86. The molecule has 0 bridgehead atoms. The van der Waals surface area contributed by atoms with Crippen molar-refractivity contribution in [3.05, 3.63) is 94.9 Å². The summed E-state index contributed by atoms with van der Waals surface area (Å²) < 4.78 is 48.3. The van der Waals surface area contributed by atoms with Crippen molar-refractivity contribution in [2.45, 2.75) is 44.6 Å². The molecule has 2 amide bonds. The van der Waals surface area contributed by atoms with Gasteiger partial charge in [0.15, 0.2) is 0 Å². The van der Waals surface area contributed by atoms with Crippen LogP contribution in [0.4, 0.5) is 18.0 Å². The topological polar surface area (TPSA) is 108 Å². The van der Waals surface area contributed by atoms with Crippen molar-refractivity contribution in [1.29, 1.82) is 0 Å². The maximum absolute atomic E-state index is 14.8. The van der Waals surface area contributed by atoms with E-state index in [4.69, 9.17) is 16.3 Å². The van der Waals surface area contributed by atoms with Crippen molar-refractivity contribution in [3.8, 4) is 11.6 Å². The van der Waals surface area contributed by atoms with Gasteiger partial charge in [-0.2, -0.15) is 13.2 Å². The minimum Gasteiger partial charge on any atom is -0.465 e. The highest BCUT2D eigenvalue weighted by Gasteiger charge is 2.53. The van der Waals surface area contributed by atoms with Crippen LogP contribution < -0.4 is 10.1 Å². The van der Waals surface area contributed by atoms with Crippen molar-refractivity contribution >= 4 is 34.4 Å². The third kappa shape index (κ3) is 6.52. The number of rotatable bonds is 6. The number of piperazine rings is 1. The van der Waals surface area contributed by atoms with Crippen LogP contribution in [0.2, 0.25) is 5.15 Å². The first-order valence-electron chi connectivity index (χ1n) is 14.1. The molecule has 45 heavy (non-hydrogen) atoms. The summed E-state index contributed by atoms with van der Waals surface area (Å²) in [4.78, 5) is 37.9. The molecule has 5 rings (SSSR count). The quantitative estimate of drug-likeness (QED) is 0.222. The van der Waals surface area contributed by atoms with Gasteiger partial charge in [0.05, 0.1) is 5.56 Å². The summed E-state index contributed by atoms with van der Waals surface area (Å²) in [5.41, 5.74) is -3.50. The van der Waals surface area contributed by atoms with Crippen LogP contribution in [0.15, 0.2) is 73.1 Å². The largest absolute Gasteiger partial charge is 0.465 e. The minimum absolute atomic E-state index is 0.0350. The van der Waals surface area contributed by atoms with Crippen LogP contribution in [-0.2, 0) is 12.6 Å². The molecule has 4 aromatic rings. The number of nitrogens with one attached hydrogen (secondary N) is 1. The van der Waals surface area contributed by atoms with E-state index in [1.165, 1.54) is 35.5 Å². The second kappa shape index (κ2) is 12.2. The van der Waals surface area contributed by atoms with Crippen LogP contribution in [0.3, 0.4) is 0 Å². The van der Waals surface area contributed by atoms with Crippen LogP contribution in [0.25, 0.3) is 10.8 Å². The number of ether oxygens (including phenoxy) is 1. The van der Waals surface area contributed by atoms with E-state index in [0.29, 0.717) is 16.5 Å². The van der Waals surface area contributed by atoms with Crippen LogP contribution in [0.1, 0.15) is 42.3 Å². The molecule has 1 aliphatic heterocycles. The lowest BCUT2D eigenvalue weighted by molar-refractivity contribution is -0.139. The number of alkyl halides is 3. The molecule has 0 aliphatic carbocycles. The molecule has 9 nitrogen and oxygen atoms in total. The summed E-state index contributed by atoms with van der Waals surface area (Å²) in [5, 5.41) is 14.9. The molecule has 0 spiro atoms. The Labute approximate surface area is 262 Å². The normalized spacial score (nSPS) is 17.3. The van der Waals surface area contributed by atoms with Crippen LogP contribution >= 0.6 is 11.6 Å². The maximum atomic E-state index is 14.8. The number of benzene rings is 3. The molecule has 1 saturated heterocycles. The van der Waals surface area contributed by atoms with Crippen molar-refractivity contribution in [2.75, 3.05) is 19.6 Å². The van der Waals surface area contributed by atoms with Crippen LogP contribution in [0, 0.1) is 0 Å². The Hall–Kier alpha value is -4.42. The first-order valence-corrected chi connectivity index (χ1v) is 14.5. The molecule has 2 N–H and O–H groups in total. The summed E-state index contributed by atoms with van der Waals surface area (Å²) in [6, 6.07) is 16.7. The molecule has 1 unspecified atom stereocenters. The summed E-state index contributed by atoms with van der Waals surface area (Å²) in [6.45, 7) is 5.36. The highest BCUT2D eigenvalue weighted by molar-refractivity contribution is 6.29. The Morgan fingerprint density at radius 2 is 1.82 bits per heavy atom. The van der Waals surface area contributed by atoms with Crippen molar-refractivity contribution in [1.82, 2.24) is 25.1 Å². The van der Waals surface area contributed by atoms with Gasteiger partial charge in [-0.25, -0.2) is 14.8 Å². The number of aromatic nitrogens is 2. The standard InChI is InChI=1S/C32H31ClF3N5O4/c1-30(2,3)41(31(18-37-13-14-40(31)29(43)44)17-21-7-4-5-10-25(21)32(34,35)36)28(42)24-9-6-8-20-15-22(11-12-23(20)24)45-27-16-26(33)38-19-39-27/h4-12,15-16,19,37H,13-14,17-18H2,1-3H3,(H,43,44). The van der Waals surface area contributed by atoms with Gasteiger partial charge in [-0.3, -0.25) is 9.69 Å². The molecule has 236 valence electrons. The van der Waals surface area contributed by atoms with E-state index >= 15 is 0 Å². The van der Waals surface area contributed by atoms with Gasteiger partial charge in [-0.15, -0.1) is 0 Å². The first-order chi connectivity index (χ1) is 21.2. The predicted molar refractivity (Wildman–Crippen MR) is 162 cm³/mol. The van der Waals surface area contributed by atoms with Gasteiger partial charge >= 0.3 is 12.3 Å². The fourth-order valence-electron chi connectivity index (χ4n) is 5.99. The SMILES string of the molecule is CC(C)(C)N(C(=O)c1cccc2cc(Oc3cc(Cl)ncn3)ccc12)C1(Cc2ccccc2C(F)(F)F)CNCCN1C(=O)O. The van der Waals surface area contributed by atoms with Gasteiger partial charge < -0.3 is 20.1 Å². The van der Waals surface area contributed by atoms with E-state index in [2.05, 4.69) is 15.3 Å². The third-order valence-electron chi connectivity index (χ3n) is 7.65. The lowest BCUT2D eigenvalue weighted by atomic mass is 9.86. The highest BCUT2D eigenvalue weighted by atomic mass is 35.5. The van der Waals surface area contributed by atoms with Crippen LogP contribution in [-0.4, -0.2) is 67.7 Å². The molecule has 2 heterocycles. The smallest absolute Gasteiger partial charge is 0.416 e. The van der Waals surface area contributed by atoms with Crippen molar-refractivity contribution < 1.29 is 32.6 Å². The number of halogens is 4.